The molecule has 0 radical (unpaired) electrons. The van der Waals surface area contributed by atoms with Crippen LogP contribution in [0.15, 0.2) is 17.5 Å². The highest BCUT2D eigenvalue weighted by Gasteiger charge is 2.08. The topological polar surface area (TPSA) is 26.0 Å². The number of thiophene rings is 1. The highest BCUT2D eigenvalue weighted by molar-refractivity contribution is 14.1. The van der Waals surface area contributed by atoms with Gasteiger partial charge in [-0.25, -0.2) is 0 Å². The van der Waals surface area contributed by atoms with Crippen molar-refractivity contribution in [1.82, 2.24) is 0 Å². The van der Waals surface area contributed by atoms with E-state index in [-0.39, 0.29) is 0 Å². The number of hydrogen-bond acceptors (Lipinski definition) is 2. The lowest BCUT2D eigenvalue weighted by molar-refractivity contribution is 1.42. The second-order valence-electron chi connectivity index (χ2n) is 2.73. The summed E-state index contributed by atoms with van der Waals surface area (Å²) in [5.74, 6) is 0.482. The van der Waals surface area contributed by atoms with Crippen molar-refractivity contribution in [3.63, 3.8) is 0 Å². The fraction of sp³-hybridized carbons (Fsp3) is 0.111. The predicted molar refractivity (Wildman–Crippen MR) is 68.5 cm³/mol. The van der Waals surface area contributed by atoms with Crippen LogP contribution in [0.2, 0.25) is 0 Å². The second-order valence-corrected chi connectivity index (χ2v) is 5.02. The van der Waals surface area contributed by atoms with Crippen LogP contribution >= 0.6 is 45.5 Å². The quantitative estimate of drug-likeness (QED) is 0.482. The van der Waals surface area contributed by atoms with E-state index in [9.17, 15) is 0 Å². The molecule has 0 amide bonds. The Balaban J connectivity index is 2.83. The number of nitrogens with two attached hydrogens (primary N) is 1. The lowest BCUT2D eigenvalue weighted by Crippen LogP contribution is -1.95. The average Bonchev–Trinajstić information content (AvgIpc) is 2.59. The zero-order valence-electron chi connectivity index (χ0n) is 6.68. The van der Waals surface area contributed by atoms with E-state index in [2.05, 4.69) is 40.1 Å². The first kappa shape index (κ1) is 9.55. The number of anilines is 1. The number of benzene rings is 1. The van der Waals surface area contributed by atoms with Crippen LogP contribution in [0.3, 0.4) is 0 Å². The Labute approximate surface area is 99.0 Å². The van der Waals surface area contributed by atoms with Gasteiger partial charge in [0.05, 0.1) is 5.69 Å². The normalized spacial score (nSPS) is 10.9. The van der Waals surface area contributed by atoms with Gasteiger partial charge in [-0.1, -0.05) is 0 Å². The summed E-state index contributed by atoms with van der Waals surface area (Å²) in [5, 5.41) is 3.31. The minimum Gasteiger partial charge on any atom is -0.398 e. The number of fused-ring (bicyclic) bond motifs is 1. The first-order chi connectivity index (χ1) is 6.24. The molecule has 2 N–H and O–H groups in total. The lowest BCUT2D eigenvalue weighted by Gasteiger charge is -2.05. The molecule has 1 aromatic heterocycles. The molecular formula is C9H7ClINS. The zero-order valence-corrected chi connectivity index (χ0v) is 10.4. The van der Waals surface area contributed by atoms with Gasteiger partial charge in [-0.05, 0) is 45.7 Å². The van der Waals surface area contributed by atoms with Crippen LogP contribution in [0, 0.1) is 3.57 Å². The summed E-state index contributed by atoms with van der Waals surface area (Å²) in [5.41, 5.74) is 7.78. The van der Waals surface area contributed by atoms with Crippen LogP contribution in [-0.4, -0.2) is 0 Å². The van der Waals surface area contributed by atoms with E-state index in [1.807, 2.05) is 0 Å². The molecule has 0 spiro atoms. The molecule has 0 aliphatic rings. The first-order valence-electron chi connectivity index (χ1n) is 3.74. The van der Waals surface area contributed by atoms with E-state index in [1.54, 1.807) is 11.3 Å². The Kier molecular flexibility index (Phi) is 2.67. The van der Waals surface area contributed by atoms with E-state index in [0.717, 1.165) is 14.8 Å². The Morgan fingerprint density at radius 2 is 2.31 bits per heavy atom. The molecule has 0 atom stereocenters. The molecule has 0 bridgehead atoms. The minimum atomic E-state index is 0.482. The fourth-order valence-corrected chi connectivity index (χ4v) is 3.33. The van der Waals surface area contributed by atoms with Crippen molar-refractivity contribution in [2.75, 3.05) is 5.73 Å². The average molecular weight is 324 g/mol. The van der Waals surface area contributed by atoms with E-state index < -0.39 is 0 Å². The van der Waals surface area contributed by atoms with Crippen molar-refractivity contribution in [3.8, 4) is 0 Å². The van der Waals surface area contributed by atoms with Crippen molar-refractivity contribution < 1.29 is 0 Å². The Bertz CT molecular complexity index is 452. The van der Waals surface area contributed by atoms with Gasteiger partial charge in [-0.15, -0.1) is 22.9 Å². The number of alkyl halides is 1. The van der Waals surface area contributed by atoms with Crippen LogP contribution in [0.25, 0.3) is 10.1 Å². The third-order valence-electron chi connectivity index (χ3n) is 1.96. The monoisotopic (exact) mass is 323 g/mol. The number of halogens is 2. The van der Waals surface area contributed by atoms with Crippen LogP contribution in [0.5, 0.6) is 0 Å². The molecule has 0 fully saturated rings. The van der Waals surface area contributed by atoms with Crippen LogP contribution in [0.1, 0.15) is 5.56 Å². The summed E-state index contributed by atoms with van der Waals surface area (Å²) < 4.78 is 2.38. The molecule has 1 heterocycles. The van der Waals surface area contributed by atoms with Gasteiger partial charge in [0.15, 0.2) is 0 Å². The maximum absolute atomic E-state index is 5.93. The molecule has 0 saturated heterocycles. The molecular weight excluding hydrogens is 317 g/mol. The summed E-state index contributed by atoms with van der Waals surface area (Å²) in [4.78, 5) is 0. The van der Waals surface area contributed by atoms with Gasteiger partial charge in [-0.3, -0.25) is 0 Å². The SMILES string of the molecule is Nc1c(CCl)cc2sccc2c1I. The Hall–Kier alpha value is -0.000000000000000111. The van der Waals surface area contributed by atoms with E-state index in [0.29, 0.717) is 5.88 Å². The van der Waals surface area contributed by atoms with Crippen LogP contribution in [-0.2, 0) is 5.88 Å². The Morgan fingerprint density at radius 3 is 3.00 bits per heavy atom. The van der Waals surface area contributed by atoms with Crippen molar-refractivity contribution in [2.24, 2.45) is 0 Å². The molecule has 13 heavy (non-hydrogen) atoms. The molecule has 2 rings (SSSR count). The smallest absolute Gasteiger partial charge is 0.0501 e. The van der Waals surface area contributed by atoms with E-state index in [4.69, 9.17) is 17.3 Å². The van der Waals surface area contributed by atoms with Crippen molar-refractivity contribution in [3.05, 3.63) is 26.6 Å². The number of rotatable bonds is 1. The van der Waals surface area contributed by atoms with Crippen molar-refractivity contribution >= 4 is 61.3 Å². The Morgan fingerprint density at radius 1 is 1.54 bits per heavy atom. The molecule has 0 aliphatic heterocycles. The fourth-order valence-electron chi connectivity index (χ4n) is 1.25. The third-order valence-corrected chi connectivity index (χ3v) is 4.28. The number of nitrogen functional groups attached to an aromatic ring is 1. The van der Waals surface area contributed by atoms with Crippen molar-refractivity contribution in [2.45, 2.75) is 5.88 Å². The molecule has 2 aromatic rings. The van der Waals surface area contributed by atoms with E-state index >= 15 is 0 Å². The van der Waals surface area contributed by atoms with Gasteiger partial charge in [0.25, 0.3) is 0 Å². The van der Waals surface area contributed by atoms with Crippen molar-refractivity contribution in [1.29, 1.82) is 0 Å². The van der Waals surface area contributed by atoms with Gasteiger partial charge in [0, 0.05) is 19.5 Å². The molecule has 0 saturated carbocycles. The molecule has 0 unspecified atom stereocenters. The highest BCUT2D eigenvalue weighted by atomic mass is 127. The maximum Gasteiger partial charge on any atom is 0.0501 e. The summed E-state index contributed by atoms with van der Waals surface area (Å²) in [7, 11) is 0. The lowest BCUT2D eigenvalue weighted by atomic mass is 10.1. The summed E-state index contributed by atoms with van der Waals surface area (Å²) >= 11 is 9.78. The van der Waals surface area contributed by atoms with E-state index in [1.165, 1.54) is 10.1 Å². The summed E-state index contributed by atoms with van der Waals surface area (Å²) in [6.45, 7) is 0. The van der Waals surface area contributed by atoms with Crippen LogP contribution in [0.4, 0.5) is 5.69 Å². The van der Waals surface area contributed by atoms with Gasteiger partial charge in [0.1, 0.15) is 0 Å². The predicted octanol–water partition coefficient (Wildman–Crippen LogP) is 3.83. The third kappa shape index (κ3) is 1.53. The molecule has 0 aliphatic carbocycles. The minimum absolute atomic E-state index is 0.482. The zero-order chi connectivity index (χ0) is 9.42. The van der Waals surface area contributed by atoms with Gasteiger partial charge >= 0.3 is 0 Å². The standard InChI is InChI=1S/C9H7ClINS/c10-4-5-3-7-6(1-2-13-7)8(11)9(5)12/h1-3H,4,12H2. The van der Waals surface area contributed by atoms with Crippen LogP contribution < -0.4 is 5.73 Å². The van der Waals surface area contributed by atoms with Gasteiger partial charge in [-0.2, -0.15) is 0 Å². The highest BCUT2D eigenvalue weighted by Crippen LogP contribution is 2.33. The second kappa shape index (κ2) is 3.63. The van der Waals surface area contributed by atoms with Gasteiger partial charge in [0.2, 0.25) is 0 Å². The first-order valence-corrected chi connectivity index (χ1v) is 6.23. The summed E-state index contributed by atoms with van der Waals surface area (Å²) in [6, 6.07) is 4.17. The molecule has 1 aromatic carbocycles. The maximum atomic E-state index is 5.93. The van der Waals surface area contributed by atoms with Gasteiger partial charge < -0.3 is 5.73 Å². The molecule has 68 valence electrons. The number of hydrogen-bond donors (Lipinski definition) is 1. The largest absolute Gasteiger partial charge is 0.398 e. The molecule has 4 heteroatoms. The molecule has 1 nitrogen and oxygen atoms in total. The summed E-state index contributed by atoms with van der Waals surface area (Å²) in [6.07, 6.45) is 0.